The number of rotatable bonds is 2. The molecule has 0 spiro atoms. The molecule has 0 saturated carbocycles. The molecule has 0 aliphatic heterocycles. The van der Waals surface area contributed by atoms with Gasteiger partial charge in [-0.1, -0.05) is 15.9 Å². The molecular formula is C11H5BrFN3O. The van der Waals surface area contributed by atoms with Gasteiger partial charge in [-0.25, -0.2) is 14.4 Å². The lowest BCUT2D eigenvalue weighted by atomic mass is 10.3. The molecular weight excluding hydrogens is 289 g/mol. The molecule has 1 heterocycles. The second-order valence-corrected chi connectivity index (χ2v) is 3.91. The van der Waals surface area contributed by atoms with Gasteiger partial charge in [-0.2, -0.15) is 5.26 Å². The van der Waals surface area contributed by atoms with Crippen molar-refractivity contribution in [1.29, 1.82) is 5.26 Å². The molecule has 1 aromatic carbocycles. The predicted molar refractivity (Wildman–Crippen MR) is 60.9 cm³/mol. The summed E-state index contributed by atoms with van der Waals surface area (Å²) in [5.74, 6) is -0.578. The fraction of sp³-hybridized carbons (Fsp3) is 0. The van der Waals surface area contributed by atoms with E-state index in [0.717, 1.165) is 0 Å². The molecule has 84 valence electrons. The first-order chi connectivity index (χ1) is 8.20. The van der Waals surface area contributed by atoms with Gasteiger partial charge in [0.1, 0.15) is 6.07 Å². The van der Waals surface area contributed by atoms with Crippen LogP contribution in [0.2, 0.25) is 0 Å². The highest BCUT2D eigenvalue weighted by atomic mass is 79.9. The third-order valence-electron chi connectivity index (χ3n) is 1.87. The van der Waals surface area contributed by atoms with Crippen LogP contribution in [0.4, 0.5) is 4.39 Å². The number of nitrogens with zero attached hydrogens (tertiary/aromatic N) is 3. The van der Waals surface area contributed by atoms with Gasteiger partial charge in [0.15, 0.2) is 11.6 Å². The Labute approximate surface area is 105 Å². The number of hydrogen-bond acceptors (Lipinski definition) is 4. The van der Waals surface area contributed by atoms with Gasteiger partial charge in [0.2, 0.25) is 5.69 Å². The molecule has 0 fully saturated rings. The fourth-order valence-electron chi connectivity index (χ4n) is 1.14. The van der Waals surface area contributed by atoms with Gasteiger partial charge in [-0.05, 0) is 18.2 Å². The van der Waals surface area contributed by atoms with Crippen LogP contribution < -0.4 is 4.74 Å². The smallest absolute Gasteiger partial charge is 0.256 e. The van der Waals surface area contributed by atoms with Gasteiger partial charge in [0.05, 0.1) is 0 Å². The van der Waals surface area contributed by atoms with E-state index in [2.05, 4.69) is 25.9 Å². The van der Waals surface area contributed by atoms with Crippen molar-refractivity contribution in [2.75, 3.05) is 0 Å². The summed E-state index contributed by atoms with van der Waals surface area (Å²) in [6.45, 7) is 0. The molecule has 0 saturated heterocycles. The van der Waals surface area contributed by atoms with E-state index in [4.69, 9.17) is 10.00 Å². The molecule has 4 nitrogen and oxygen atoms in total. The Morgan fingerprint density at radius 3 is 2.82 bits per heavy atom. The van der Waals surface area contributed by atoms with Gasteiger partial charge < -0.3 is 4.74 Å². The zero-order chi connectivity index (χ0) is 12.3. The van der Waals surface area contributed by atoms with Crippen molar-refractivity contribution in [3.05, 3.63) is 46.6 Å². The lowest BCUT2D eigenvalue weighted by Gasteiger charge is -2.06. The Balaban J connectivity index is 2.38. The van der Waals surface area contributed by atoms with Crippen molar-refractivity contribution in [2.45, 2.75) is 0 Å². The van der Waals surface area contributed by atoms with E-state index in [0.29, 0.717) is 4.47 Å². The number of ether oxygens (including phenoxy) is 1. The second kappa shape index (κ2) is 4.89. The average Bonchev–Trinajstić information content (AvgIpc) is 2.34. The van der Waals surface area contributed by atoms with E-state index < -0.39 is 5.82 Å². The number of benzene rings is 1. The Morgan fingerprint density at radius 1 is 1.29 bits per heavy atom. The van der Waals surface area contributed by atoms with Crippen LogP contribution in [-0.2, 0) is 0 Å². The molecule has 2 rings (SSSR count). The average molecular weight is 294 g/mol. The molecule has 0 radical (unpaired) electrons. The van der Waals surface area contributed by atoms with Crippen molar-refractivity contribution >= 4 is 15.9 Å². The highest BCUT2D eigenvalue weighted by molar-refractivity contribution is 9.10. The maximum Gasteiger partial charge on any atom is 0.256 e. The third-order valence-corrected chi connectivity index (χ3v) is 2.36. The van der Waals surface area contributed by atoms with Gasteiger partial charge in [0, 0.05) is 16.9 Å². The zero-order valence-electron chi connectivity index (χ0n) is 8.39. The van der Waals surface area contributed by atoms with E-state index >= 15 is 0 Å². The van der Waals surface area contributed by atoms with Crippen LogP contribution >= 0.6 is 15.9 Å². The Kier molecular flexibility index (Phi) is 3.30. The van der Waals surface area contributed by atoms with E-state index in [1.807, 2.05) is 6.07 Å². The monoisotopic (exact) mass is 293 g/mol. The topological polar surface area (TPSA) is 58.8 Å². The van der Waals surface area contributed by atoms with Gasteiger partial charge in [0.25, 0.3) is 5.88 Å². The molecule has 1 aromatic heterocycles. The van der Waals surface area contributed by atoms with Crippen molar-refractivity contribution in [2.24, 2.45) is 0 Å². The summed E-state index contributed by atoms with van der Waals surface area (Å²) in [6, 6.07) is 6.06. The molecule has 0 aliphatic carbocycles. The van der Waals surface area contributed by atoms with Crippen LogP contribution in [0.15, 0.2) is 35.1 Å². The summed E-state index contributed by atoms with van der Waals surface area (Å²) in [6.07, 6.45) is 2.73. The molecule has 6 heteroatoms. The minimum Gasteiger partial charge on any atom is -0.433 e. The summed E-state index contributed by atoms with van der Waals surface area (Å²) >= 11 is 3.20. The molecule has 0 unspecified atom stereocenters. The maximum absolute atomic E-state index is 13.4. The van der Waals surface area contributed by atoms with Gasteiger partial charge >= 0.3 is 0 Å². The molecule has 0 amide bonds. The Hall–Kier alpha value is -2.00. The quantitative estimate of drug-likeness (QED) is 0.854. The van der Waals surface area contributed by atoms with Crippen molar-refractivity contribution in [3.8, 4) is 17.7 Å². The van der Waals surface area contributed by atoms with Crippen LogP contribution in [0.5, 0.6) is 11.6 Å². The van der Waals surface area contributed by atoms with E-state index in [-0.39, 0.29) is 17.3 Å². The maximum atomic E-state index is 13.4. The molecule has 17 heavy (non-hydrogen) atoms. The Bertz CT molecular complexity index is 598. The molecule has 2 aromatic rings. The van der Waals surface area contributed by atoms with Crippen LogP contribution in [0, 0.1) is 17.1 Å². The Morgan fingerprint density at radius 2 is 2.06 bits per heavy atom. The summed E-state index contributed by atoms with van der Waals surface area (Å²) in [7, 11) is 0. The van der Waals surface area contributed by atoms with E-state index in [1.165, 1.54) is 24.5 Å². The first-order valence-corrected chi connectivity index (χ1v) is 5.34. The minimum absolute atomic E-state index is 0.00637. The van der Waals surface area contributed by atoms with Gasteiger partial charge in [-0.15, -0.1) is 0 Å². The van der Waals surface area contributed by atoms with E-state index in [1.54, 1.807) is 6.07 Å². The second-order valence-electron chi connectivity index (χ2n) is 3.00. The largest absolute Gasteiger partial charge is 0.433 e. The first kappa shape index (κ1) is 11.5. The number of halogens is 2. The molecule has 0 N–H and O–H groups in total. The lowest BCUT2D eigenvalue weighted by molar-refractivity contribution is 0.423. The minimum atomic E-state index is -0.539. The summed E-state index contributed by atoms with van der Waals surface area (Å²) < 4.78 is 19.3. The van der Waals surface area contributed by atoms with E-state index in [9.17, 15) is 4.39 Å². The standard InChI is InChI=1S/C11H5BrFN3O/c12-7-1-2-8(13)10(5-7)17-11-9(6-14)15-3-4-16-11/h1-5H. The predicted octanol–water partition coefficient (Wildman–Crippen LogP) is 3.04. The molecule has 0 atom stereocenters. The molecule has 0 bridgehead atoms. The number of hydrogen-bond donors (Lipinski definition) is 0. The van der Waals surface area contributed by atoms with Gasteiger partial charge in [-0.3, -0.25) is 0 Å². The highest BCUT2D eigenvalue weighted by Crippen LogP contribution is 2.27. The summed E-state index contributed by atoms with van der Waals surface area (Å²) in [5, 5.41) is 8.78. The lowest BCUT2D eigenvalue weighted by Crippen LogP contribution is -1.95. The van der Waals surface area contributed by atoms with Crippen LogP contribution in [0.3, 0.4) is 0 Å². The summed E-state index contributed by atoms with van der Waals surface area (Å²) in [5.41, 5.74) is 0.00637. The third kappa shape index (κ3) is 2.57. The molecule has 0 aliphatic rings. The van der Waals surface area contributed by atoms with Crippen molar-refractivity contribution in [1.82, 2.24) is 9.97 Å². The fourth-order valence-corrected chi connectivity index (χ4v) is 1.48. The normalized spacial score (nSPS) is 9.71. The van der Waals surface area contributed by atoms with Crippen LogP contribution in [0.1, 0.15) is 5.69 Å². The number of nitriles is 1. The van der Waals surface area contributed by atoms with Crippen LogP contribution in [-0.4, -0.2) is 9.97 Å². The van der Waals surface area contributed by atoms with Crippen molar-refractivity contribution < 1.29 is 9.13 Å². The summed E-state index contributed by atoms with van der Waals surface area (Å²) in [4.78, 5) is 7.59. The highest BCUT2D eigenvalue weighted by Gasteiger charge is 2.10. The number of aromatic nitrogens is 2. The van der Waals surface area contributed by atoms with Crippen molar-refractivity contribution in [3.63, 3.8) is 0 Å². The first-order valence-electron chi connectivity index (χ1n) is 4.54. The zero-order valence-corrected chi connectivity index (χ0v) is 9.98. The SMILES string of the molecule is N#Cc1nccnc1Oc1cc(Br)ccc1F. The van der Waals surface area contributed by atoms with Crippen LogP contribution in [0.25, 0.3) is 0 Å².